The molecule has 0 radical (unpaired) electrons. The van der Waals surface area contributed by atoms with Gasteiger partial charge in [-0.3, -0.25) is 4.79 Å². The van der Waals surface area contributed by atoms with Gasteiger partial charge in [0.05, 0.1) is 5.75 Å². The number of nitrogens with zero attached hydrogens (tertiary/aromatic N) is 4. The average Bonchev–Trinajstić information content (AvgIpc) is 3.14. The van der Waals surface area contributed by atoms with E-state index in [4.69, 9.17) is 0 Å². The fourth-order valence-electron chi connectivity index (χ4n) is 3.92. The van der Waals surface area contributed by atoms with E-state index >= 15 is 0 Å². The van der Waals surface area contributed by atoms with Crippen LogP contribution in [0.15, 0.2) is 11.2 Å². The molecule has 1 aliphatic carbocycles. The Balaban J connectivity index is 1.73. The highest BCUT2D eigenvalue weighted by Gasteiger charge is 2.30. The van der Waals surface area contributed by atoms with Crippen LogP contribution in [0, 0.1) is 20.8 Å². The first-order valence-electron chi connectivity index (χ1n) is 9.48. The van der Waals surface area contributed by atoms with Crippen molar-refractivity contribution >= 4 is 17.5 Å². The lowest BCUT2D eigenvalue weighted by atomic mass is 9.95. The normalized spacial score (nSPS) is 15.9. The van der Waals surface area contributed by atoms with E-state index in [1.165, 1.54) is 31.0 Å². The van der Waals surface area contributed by atoms with Gasteiger partial charge in [0.15, 0.2) is 10.9 Å². The first-order chi connectivity index (χ1) is 13.2. The predicted octanol–water partition coefficient (Wildman–Crippen LogP) is 5.05. The average molecular weight is 414 g/mol. The van der Waals surface area contributed by atoms with Gasteiger partial charge in [0, 0.05) is 23.0 Å². The topological polar surface area (TPSA) is 52.7 Å². The highest BCUT2D eigenvalue weighted by molar-refractivity contribution is 7.99. The third-order valence-electron chi connectivity index (χ3n) is 5.32. The van der Waals surface area contributed by atoms with Crippen LogP contribution in [-0.4, -0.2) is 37.0 Å². The maximum atomic E-state index is 12.8. The Morgan fingerprint density at radius 1 is 1.18 bits per heavy atom. The number of thioether (sulfide) groups is 1. The second-order valence-electron chi connectivity index (χ2n) is 7.39. The summed E-state index contributed by atoms with van der Waals surface area (Å²) in [6.45, 7) is 3.98. The van der Waals surface area contributed by atoms with E-state index in [1.807, 2.05) is 6.92 Å². The first-order valence-corrected chi connectivity index (χ1v) is 10.5. The molecule has 0 spiro atoms. The number of Topliss-reactive ketones (excluding diaryl/α,β-unsaturated/α-hetero) is 1. The third-order valence-corrected chi connectivity index (χ3v) is 6.26. The molecule has 0 N–H and O–H groups in total. The van der Waals surface area contributed by atoms with Crippen molar-refractivity contribution < 1.29 is 18.0 Å². The number of hydrogen-bond donors (Lipinski definition) is 0. The molecule has 5 nitrogen and oxygen atoms in total. The smallest absolute Gasteiger partial charge is 0.339 e. The maximum Gasteiger partial charge on any atom is 0.406 e. The van der Waals surface area contributed by atoms with E-state index in [0.29, 0.717) is 28.1 Å². The summed E-state index contributed by atoms with van der Waals surface area (Å²) in [5, 5.41) is 9.10. The Labute approximate surface area is 166 Å². The summed E-state index contributed by atoms with van der Waals surface area (Å²) in [4.78, 5) is 12.7. The van der Waals surface area contributed by atoms with Crippen LogP contribution in [0.1, 0.15) is 65.7 Å². The van der Waals surface area contributed by atoms with Crippen LogP contribution in [0.25, 0.3) is 0 Å². The monoisotopic (exact) mass is 414 g/mol. The zero-order valence-electron chi connectivity index (χ0n) is 16.3. The lowest BCUT2D eigenvalue weighted by Gasteiger charge is -2.24. The number of aryl methyl sites for hydroxylation is 2. The van der Waals surface area contributed by atoms with Gasteiger partial charge in [-0.2, -0.15) is 13.2 Å². The van der Waals surface area contributed by atoms with Crippen LogP contribution in [0.5, 0.6) is 0 Å². The summed E-state index contributed by atoms with van der Waals surface area (Å²) in [5.41, 5.74) is 1.13. The number of hydrogen-bond acceptors (Lipinski definition) is 4. The number of carbonyl (C=O) groups excluding carboxylic acids is 1. The molecule has 0 aromatic carbocycles. The molecule has 28 heavy (non-hydrogen) atoms. The van der Waals surface area contributed by atoms with Gasteiger partial charge in [-0.1, -0.05) is 31.0 Å². The summed E-state index contributed by atoms with van der Waals surface area (Å²) >= 11 is 1.31. The van der Waals surface area contributed by atoms with Gasteiger partial charge in [0.1, 0.15) is 12.4 Å². The van der Waals surface area contributed by atoms with Gasteiger partial charge >= 0.3 is 6.18 Å². The minimum absolute atomic E-state index is 0.126. The van der Waals surface area contributed by atoms with E-state index in [-0.39, 0.29) is 11.5 Å². The van der Waals surface area contributed by atoms with Gasteiger partial charge in [-0.05, 0) is 39.7 Å². The zero-order chi connectivity index (χ0) is 20.5. The van der Waals surface area contributed by atoms with Crippen LogP contribution in [-0.2, 0) is 6.54 Å². The maximum absolute atomic E-state index is 12.8. The van der Waals surface area contributed by atoms with Crippen molar-refractivity contribution in [3.05, 3.63) is 28.8 Å². The molecule has 2 aromatic heterocycles. The molecule has 0 amide bonds. The van der Waals surface area contributed by atoms with Gasteiger partial charge in [-0.15, -0.1) is 10.2 Å². The Morgan fingerprint density at radius 3 is 2.50 bits per heavy atom. The SMILES string of the molecule is Cc1cc(C(=O)CSc2nnc(C)n2C2CCCCC2)c(C)n1CC(F)(F)F. The minimum Gasteiger partial charge on any atom is -0.339 e. The summed E-state index contributed by atoms with van der Waals surface area (Å²) in [7, 11) is 0. The molecular formula is C19H25F3N4OS. The van der Waals surface area contributed by atoms with Crippen LogP contribution in [0.4, 0.5) is 13.2 Å². The summed E-state index contributed by atoms with van der Waals surface area (Å²) in [5.74, 6) is 0.772. The third kappa shape index (κ3) is 4.61. The number of halogens is 3. The quantitative estimate of drug-likeness (QED) is 0.490. The standard InChI is InChI=1S/C19H25F3N4OS/c1-12-9-16(13(2)25(12)11-19(20,21)22)17(27)10-28-18-24-23-14(3)26(18)15-7-5-4-6-8-15/h9,15H,4-8,10-11H2,1-3H3. The molecule has 1 fully saturated rings. The van der Waals surface area contributed by atoms with Crippen molar-refractivity contribution in [2.45, 2.75) is 76.8 Å². The van der Waals surface area contributed by atoms with Crippen LogP contribution < -0.4 is 0 Å². The summed E-state index contributed by atoms with van der Waals surface area (Å²) in [6, 6.07) is 1.90. The lowest BCUT2D eigenvalue weighted by molar-refractivity contribution is -0.141. The molecule has 0 unspecified atom stereocenters. The van der Waals surface area contributed by atoms with E-state index in [2.05, 4.69) is 14.8 Å². The molecule has 0 bridgehead atoms. The first kappa shape index (κ1) is 21.0. The van der Waals surface area contributed by atoms with Gasteiger partial charge in [0.25, 0.3) is 0 Å². The van der Waals surface area contributed by atoms with Crippen molar-refractivity contribution in [2.75, 3.05) is 5.75 Å². The van der Waals surface area contributed by atoms with Gasteiger partial charge in [0.2, 0.25) is 0 Å². The van der Waals surface area contributed by atoms with Crippen molar-refractivity contribution in [1.29, 1.82) is 0 Å². The second kappa shape index (κ2) is 8.31. The van der Waals surface area contributed by atoms with Gasteiger partial charge < -0.3 is 9.13 Å². The summed E-state index contributed by atoms with van der Waals surface area (Å²) in [6.07, 6.45) is 1.44. The fourth-order valence-corrected chi connectivity index (χ4v) is 4.86. The number of alkyl halides is 3. The number of ketones is 1. The molecule has 1 saturated carbocycles. The Kier molecular flexibility index (Phi) is 6.21. The van der Waals surface area contributed by atoms with E-state index in [9.17, 15) is 18.0 Å². The molecule has 9 heteroatoms. The zero-order valence-corrected chi connectivity index (χ0v) is 17.2. The van der Waals surface area contributed by atoms with E-state index in [0.717, 1.165) is 23.2 Å². The predicted molar refractivity (Wildman–Crippen MR) is 102 cm³/mol. The second-order valence-corrected chi connectivity index (χ2v) is 8.33. The molecule has 1 aliphatic rings. The van der Waals surface area contributed by atoms with E-state index in [1.54, 1.807) is 19.9 Å². The Morgan fingerprint density at radius 2 is 1.86 bits per heavy atom. The highest BCUT2D eigenvalue weighted by Crippen LogP contribution is 2.33. The molecular weight excluding hydrogens is 389 g/mol. The van der Waals surface area contributed by atoms with Crippen molar-refractivity contribution in [3.8, 4) is 0 Å². The summed E-state index contributed by atoms with van der Waals surface area (Å²) < 4.78 is 41.6. The van der Waals surface area contributed by atoms with Crippen LogP contribution in [0.3, 0.4) is 0 Å². The molecule has 0 aliphatic heterocycles. The van der Waals surface area contributed by atoms with Gasteiger partial charge in [-0.25, -0.2) is 0 Å². The number of carbonyl (C=O) groups is 1. The Bertz CT molecular complexity index is 850. The molecule has 154 valence electrons. The number of rotatable bonds is 6. The van der Waals surface area contributed by atoms with Crippen LogP contribution >= 0.6 is 11.8 Å². The van der Waals surface area contributed by atoms with Crippen molar-refractivity contribution in [3.63, 3.8) is 0 Å². The number of aromatic nitrogens is 4. The molecule has 2 aromatic rings. The molecule has 0 saturated heterocycles. The van der Waals surface area contributed by atoms with E-state index < -0.39 is 12.7 Å². The largest absolute Gasteiger partial charge is 0.406 e. The Hall–Kier alpha value is -1.77. The molecule has 3 rings (SSSR count). The van der Waals surface area contributed by atoms with Crippen molar-refractivity contribution in [1.82, 2.24) is 19.3 Å². The fraction of sp³-hybridized carbons (Fsp3) is 0.632. The molecule has 2 heterocycles. The highest BCUT2D eigenvalue weighted by atomic mass is 32.2. The molecule has 0 atom stereocenters. The minimum atomic E-state index is -4.32. The van der Waals surface area contributed by atoms with Crippen LogP contribution in [0.2, 0.25) is 0 Å². The lowest BCUT2D eigenvalue weighted by Crippen LogP contribution is -2.20. The van der Waals surface area contributed by atoms with Crippen molar-refractivity contribution in [2.24, 2.45) is 0 Å².